The van der Waals surface area contributed by atoms with Crippen molar-refractivity contribution in [3.63, 3.8) is 0 Å². The van der Waals surface area contributed by atoms with Gasteiger partial charge in [0, 0.05) is 16.8 Å². The molecule has 0 aliphatic carbocycles. The molecule has 2 heteroatoms. The average molecular weight is 184 g/mol. The second kappa shape index (κ2) is 3.81. The van der Waals surface area contributed by atoms with Crippen molar-refractivity contribution in [3.05, 3.63) is 28.8 Å². The Hall–Kier alpha value is -0.690. The minimum atomic E-state index is 0.463. The first-order chi connectivity index (χ1) is 5.59. The van der Waals surface area contributed by atoms with Crippen molar-refractivity contribution in [2.75, 3.05) is 5.32 Å². The third-order valence-electron chi connectivity index (χ3n) is 1.63. The van der Waals surface area contributed by atoms with Crippen LogP contribution in [0.4, 0.5) is 5.69 Å². The maximum absolute atomic E-state index is 5.83. The van der Waals surface area contributed by atoms with Crippen molar-refractivity contribution < 1.29 is 0 Å². The molecule has 0 fully saturated rings. The Balaban J connectivity index is 2.86. The second-order valence-corrected chi connectivity index (χ2v) is 3.69. The molecule has 66 valence electrons. The molecule has 0 aliphatic heterocycles. The van der Waals surface area contributed by atoms with Crippen molar-refractivity contribution in [2.24, 2.45) is 0 Å². The monoisotopic (exact) mass is 183 g/mol. The van der Waals surface area contributed by atoms with E-state index >= 15 is 0 Å². The molecule has 1 rings (SSSR count). The minimum absolute atomic E-state index is 0.463. The smallest absolute Gasteiger partial charge is 0.0410 e. The molecule has 12 heavy (non-hydrogen) atoms. The molecule has 0 aromatic heterocycles. The predicted molar refractivity (Wildman–Crippen MR) is 54.9 cm³/mol. The van der Waals surface area contributed by atoms with Gasteiger partial charge in [0.2, 0.25) is 0 Å². The molecule has 0 bridgehead atoms. The van der Waals surface area contributed by atoms with E-state index in [1.165, 1.54) is 5.56 Å². The lowest BCUT2D eigenvalue weighted by Gasteiger charge is -2.12. The van der Waals surface area contributed by atoms with E-state index in [1.54, 1.807) is 0 Å². The van der Waals surface area contributed by atoms with Gasteiger partial charge in [0.25, 0.3) is 0 Å². The van der Waals surface area contributed by atoms with Crippen molar-refractivity contribution in [1.82, 2.24) is 0 Å². The summed E-state index contributed by atoms with van der Waals surface area (Å²) in [6.07, 6.45) is 0. The third-order valence-corrected chi connectivity index (χ3v) is 1.87. The van der Waals surface area contributed by atoms with Crippen LogP contribution >= 0.6 is 11.6 Å². The van der Waals surface area contributed by atoms with Crippen LogP contribution in [-0.2, 0) is 0 Å². The van der Waals surface area contributed by atoms with Crippen molar-refractivity contribution in [1.29, 1.82) is 0 Å². The summed E-state index contributed by atoms with van der Waals surface area (Å²) < 4.78 is 0. The Labute approximate surface area is 78.7 Å². The van der Waals surface area contributed by atoms with Crippen LogP contribution in [0.2, 0.25) is 5.02 Å². The van der Waals surface area contributed by atoms with Gasteiger partial charge in [-0.3, -0.25) is 0 Å². The largest absolute Gasteiger partial charge is 0.383 e. The normalized spacial score (nSPS) is 10.4. The molecule has 1 aromatic carbocycles. The van der Waals surface area contributed by atoms with E-state index in [-0.39, 0.29) is 0 Å². The van der Waals surface area contributed by atoms with Gasteiger partial charge in [0.05, 0.1) is 0 Å². The number of benzene rings is 1. The molecule has 0 saturated heterocycles. The molecule has 0 spiro atoms. The Bertz CT molecular complexity index is 269. The fourth-order valence-corrected chi connectivity index (χ4v) is 1.33. The molecule has 0 heterocycles. The summed E-state index contributed by atoms with van der Waals surface area (Å²) in [5, 5.41) is 4.13. The van der Waals surface area contributed by atoms with E-state index in [9.17, 15) is 0 Å². The van der Waals surface area contributed by atoms with Crippen LogP contribution < -0.4 is 5.32 Å². The zero-order valence-electron chi connectivity index (χ0n) is 7.69. The Morgan fingerprint density at radius 3 is 2.50 bits per heavy atom. The summed E-state index contributed by atoms with van der Waals surface area (Å²) >= 11 is 5.83. The SMILES string of the molecule is Cc1cc(Cl)ccc1NC(C)C. The maximum Gasteiger partial charge on any atom is 0.0410 e. The summed E-state index contributed by atoms with van der Waals surface area (Å²) in [5.74, 6) is 0. The summed E-state index contributed by atoms with van der Waals surface area (Å²) in [5.41, 5.74) is 2.35. The number of aryl methyl sites for hydroxylation is 1. The van der Waals surface area contributed by atoms with Gasteiger partial charge in [-0.2, -0.15) is 0 Å². The molecular weight excluding hydrogens is 170 g/mol. The Morgan fingerprint density at radius 1 is 1.33 bits per heavy atom. The van der Waals surface area contributed by atoms with Gasteiger partial charge in [-0.25, -0.2) is 0 Å². The van der Waals surface area contributed by atoms with Gasteiger partial charge >= 0.3 is 0 Å². The number of nitrogens with one attached hydrogen (secondary N) is 1. The number of rotatable bonds is 2. The van der Waals surface area contributed by atoms with Crippen molar-refractivity contribution in [3.8, 4) is 0 Å². The lowest BCUT2D eigenvalue weighted by molar-refractivity contribution is 0.897. The van der Waals surface area contributed by atoms with Crippen molar-refractivity contribution >= 4 is 17.3 Å². The lowest BCUT2D eigenvalue weighted by Crippen LogP contribution is -2.10. The first-order valence-electron chi connectivity index (χ1n) is 4.12. The molecule has 0 aliphatic rings. The number of halogens is 1. The minimum Gasteiger partial charge on any atom is -0.383 e. The molecule has 1 aromatic rings. The highest BCUT2D eigenvalue weighted by Gasteiger charge is 1.99. The van der Waals surface area contributed by atoms with Crippen LogP contribution in [0.25, 0.3) is 0 Å². The van der Waals surface area contributed by atoms with Crippen LogP contribution in [0.1, 0.15) is 19.4 Å². The Kier molecular flexibility index (Phi) is 2.99. The summed E-state index contributed by atoms with van der Waals surface area (Å²) in [6.45, 7) is 6.29. The number of hydrogen-bond acceptors (Lipinski definition) is 1. The van der Waals surface area contributed by atoms with Crippen molar-refractivity contribution in [2.45, 2.75) is 26.8 Å². The van der Waals surface area contributed by atoms with Crippen LogP contribution in [0, 0.1) is 6.92 Å². The molecule has 0 unspecified atom stereocenters. The fraction of sp³-hybridized carbons (Fsp3) is 0.400. The average Bonchev–Trinajstić information content (AvgIpc) is 1.94. The van der Waals surface area contributed by atoms with Gasteiger partial charge in [-0.1, -0.05) is 11.6 Å². The van der Waals surface area contributed by atoms with Gasteiger partial charge < -0.3 is 5.32 Å². The summed E-state index contributed by atoms with van der Waals surface area (Å²) in [4.78, 5) is 0. The van der Waals surface area contributed by atoms with E-state index in [2.05, 4.69) is 26.1 Å². The van der Waals surface area contributed by atoms with Gasteiger partial charge in [0.15, 0.2) is 0 Å². The highest BCUT2D eigenvalue weighted by molar-refractivity contribution is 6.30. The zero-order chi connectivity index (χ0) is 9.14. The molecule has 0 saturated carbocycles. The fourth-order valence-electron chi connectivity index (χ4n) is 1.10. The third kappa shape index (κ3) is 2.42. The zero-order valence-corrected chi connectivity index (χ0v) is 8.44. The number of anilines is 1. The Morgan fingerprint density at radius 2 is 2.00 bits per heavy atom. The molecular formula is C10H14ClN. The summed E-state index contributed by atoms with van der Waals surface area (Å²) in [6, 6.07) is 6.34. The molecule has 1 N–H and O–H groups in total. The first kappa shape index (κ1) is 9.40. The summed E-state index contributed by atoms with van der Waals surface area (Å²) in [7, 11) is 0. The van der Waals surface area contributed by atoms with Crippen LogP contribution in [0.15, 0.2) is 18.2 Å². The molecule has 1 nitrogen and oxygen atoms in total. The standard InChI is InChI=1S/C10H14ClN/c1-7(2)12-10-5-4-9(11)6-8(10)3/h4-7,12H,1-3H3. The van der Waals surface area contributed by atoms with E-state index in [0.717, 1.165) is 10.7 Å². The molecule has 0 atom stereocenters. The van der Waals surface area contributed by atoms with Gasteiger partial charge in [0.1, 0.15) is 0 Å². The van der Waals surface area contributed by atoms with E-state index in [1.807, 2.05) is 18.2 Å². The quantitative estimate of drug-likeness (QED) is 0.741. The van der Waals surface area contributed by atoms with E-state index in [4.69, 9.17) is 11.6 Å². The maximum atomic E-state index is 5.83. The highest BCUT2D eigenvalue weighted by atomic mass is 35.5. The highest BCUT2D eigenvalue weighted by Crippen LogP contribution is 2.19. The topological polar surface area (TPSA) is 12.0 Å². The second-order valence-electron chi connectivity index (χ2n) is 3.26. The van der Waals surface area contributed by atoms with Gasteiger partial charge in [-0.15, -0.1) is 0 Å². The van der Waals surface area contributed by atoms with Crippen LogP contribution in [0.3, 0.4) is 0 Å². The van der Waals surface area contributed by atoms with E-state index < -0.39 is 0 Å². The van der Waals surface area contributed by atoms with E-state index in [0.29, 0.717) is 6.04 Å². The lowest BCUT2D eigenvalue weighted by atomic mass is 10.2. The van der Waals surface area contributed by atoms with Gasteiger partial charge in [-0.05, 0) is 44.5 Å². The van der Waals surface area contributed by atoms with Crippen LogP contribution in [0.5, 0.6) is 0 Å². The first-order valence-corrected chi connectivity index (χ1v) is 4.50. The molecule has 0 radical (unpaired) electrons. The predicted octanol–water partition coefficient (Wildman–Crippen LogP) is 3.47. The van der Waals surface area contributed by atoms with Crippen LogP contribution in [-0.4, -0.2) is 6.04 Å². The number of hydrogen-bond donors (Lipinski definition) is 1. The molecule has 0 amide bonds.